The summed E-state index contributed by atoms with van der Waals surface area (Å²) in [4.78, 5) is 27.6. The van der Waals surface area contributed by atoms with E-state index in [4.69, 9.17) is 9.26 Å². The smallest absolute Gasteiger partial charge is 0.326 e. The molecule has 2 aromatic rings. The fraction of sp³-hybridized carbons (Fsp3) is 0.444. The van der Waals surface area contributed by atoms with Gasteiger partial charge in [-0.2, -0.15) is 4.98 Å². The number of carboxylic acids is 1. The molecule has 0 saturated carbocycles. The summed E-state index contributed by atoms with van der Waals surface area (Å²) in [6.07, 6.45) is 1.03. The van der Waals surface area contributed by atoms with Gasteiger partial charge in [-0.25, -0.2) is 4.79 Å². The maximum atomic E-state index is 12.2. The van der Waals surface area contributed by atoms with Crippen molar-refractivity contribution >= 4 is 11.9 Å². The predicted octanol–water partition coefficient (Wildman–Crippen LogP) is 2.44. The van der Waals surface area contributed by atoms with E-state index in [2.05, 4.69) is 15.5 Å². The quantitative estimate of drug-likeness (QED) is 0.705. The van der Waals surface area contributed by atoms with Crippen LogP contribution in [0.25, 0.3) is 0 Å². The Labute approximate surface area is 151 Å². The van der Waals surface area contributed by atoms with Crippen molar-refractivity contribution in [2.24, 2.45) is 5.92 Å². The van der Waals surface area contributed by atoms with Crippen molar-refractivity contribution < 1.29 is 24.0 Å². The van der Waals surface area contributed by atoms with E-state index in [-0.39, 0.29) is 12.5 Å². The van der Waals surface area contributed by atoms with E-state index in [1.165, 1.54) is 0 Å². The van der Waals surface area contributed by atoms with Crippen LogP contribution in [0.5, 0.6) is 5.75 Å². The van der Waals surface area contributed by atoms with E-state index >= 15 is 0 Å². The molecular formula is C18H23N3O5. The largest absolute Gasteiger partial charge is 0.485 e. The average Bonchev–Trinajstić information content (AvgIpc) is 3.07. The number of benzene rings is 1. The third kappa shape index (κ3) is 5.58. The molecule has 0 aliphatic carbocycles. The second-order valence-corrected chi connectivity index (χ2v) is 6.26. The van der Waals surface area contributed by atoms with Gasteiger partial charge in [0.25, 0.3) is 5.91 Å². The third-order valence-electron chi connectivity index (χ3n) is 3.61. The monoisotopic (exact) mass is 361 g/mol. The zero-order chi connectivity index (χ0) is 19.1. The standard InChI is InChI=1S/C18H23N3O5/c1-4-16-20-15(21-26-16)10-25-13-7-5-12(6-8-13)17(22)19-14(18(23)24)9-11(2)3/h5-8,11,14H,4,9-10H2,1-3H3,(H,19,22)(H,23,24). The number of carboxylic acid groups (broad SMARTS) is 1. The first-order valence-corrected chi connectivity index (χ1v) is 8.47. The lowest BCUT2D eigenvalue weighted by molar-refractivity contribution is -0.139. The van der Waals surface area contributed by atoms with Crippen molar-refractivity contribution in [3.63, 3.8) is 0 Å². The van der Waals surface area contributed by atoms with Crippen LogP contribution in [0, 0.1) is 5.92 Å². The molecule has 1 amide bonds. The summed E-state index contributed by atoms with van der Waals surface area (Å²) in [6.45, 7) is 5.88. The molecule has 0 aliphatic heterocycles. The highest BCUT2D eigenvalue weighted by Gasteiger charge is 2.21. The second kappa shape index (κ2) is 8.98. The predicted molar refractivity (Wildman–Crippen MR) is 92.8 cm³/mol. The summed E-state index contributed by atoms with van der Waals surface area (Å²) in [7, 11) is 0. The van der Waals surface area contributed by atoms with Gasteiger partial charge in [0.1, 0.15) is 11.8 Å². The van der Waals surface area contributed by atoms with Crippen LogP contribution in [-0.4, -0.2) is 33.2 Å². The molecule has 0 bridgehead atoms. The van der Waals surface area contributed by atoms with Gasteiger partial charge in [-0.1, -0.05) is 25.9 Å². The Bertz CT molecular complexity index is 740. The van der Waals surface area contributed by atoms with Gasteiger partial charge in [-0.15, -0.1) is 0 Å². The van der Waals surface area contributed by atoms with Crippen molar-refractivity contribution in [1.82, 2.24) is 15.5 Å². The van der Waals surface area contributed by atoms with Crippen LogP contribution < -0.4 is 10.1 Å². The second-order valence-electron chi connectivity index (χ2n) is 6.26. The Kier molecular flexibility index (Phi) is 6.71. The minimum Gasteiger partial charge on any atom is -0.485 e. The molecule has 0 radical (unpaired) electrons. The first-order chi connectivity index (χ1) is 12.4. The van der Waals surface area contributed by atoms with Gasteiger partial charge >= 0.3 is 5.97 Å². The molecule has 26 heavy (non-hydrogen) atoms. The molecule has 1 aromatic carbocycles. The van der Waals surface area contributed by atoms with Gasteiger partial charge in [-0.05, 0) is 36.6 Å². The fourth-order valence-electron chi connectivity index (χ4n) is 2.28. The lowest BCUT2D eigenvalue weighted by Gasteiger charge is -2.16. The number of carbonyl (C=O) groups is 2. The zero-order valence-corrected chi connectivity index (χ0v) is 15.1. The Morgan fingerprint density at radius 3 is 2.50 bits per heavy atom. The van der Waals surface area contributed by atoms with E-state index in [1.807, 2.05) is 20.8 Å². The molecule has 0 spiro atoms. The normalized spacial score (nSPS) is 12.0. The van der Waals surface area contributed by atoms with Crippen LogP contribution in [0.4, 0.5) is 0 Å². The van der Waals surface area contributed by atoms with E-state index in [9.17, 15) is 14.7 Å². The SMILES string of the molecule is CCc1nc(COc2ccc(C(=O)NC(CC(C)C)C(=O)O)cc2)no1. The summed E-state index contributed by atoms with van der Waals surface area (Å²) in [5.74, 6) is 0.215. The molecule has 0 saturated heterocycles. The van der Waals surface area contributed by atoms with Gasteiger partial charge in [-0.3, -0.25) is 4.79 Å². The van der Waals surface area contributed by atoms with Crippen LogP contribution in [0.1, 0.15) is 49.3 Å². The first kappa shape index (κ1) is 19.4. The molecule has 0 fully saturated rings. The maximum Gasteiger partial charge on any atom is 0.326 e. The van der Waals surface area contributed by atoms with Crippen LogP contribution in [0.15, 0.2) is 28.8 Å². The Morgan fingerprint density at radius 1 is 1.27 bits per heavy atom. The van der Waals surface area contributed by atoms with Crippen LogP contribution >= 0.6 is 0 Å². The van der Waals surface area contributed by atoms with Crippen LogP contribution in [-0.2, 0) is 17.8 Å². The van der Waals surface area contributed by atoms with Crippen LogP contribution in [0.3, 0.4) is 0 Å². The molecule has 1 atom stereocenters. The van der Waals surface area contributed by atoms with E-state index in [1.54, 1.807) is 24.3 Å². The summed E-state index contributed by atoms with van der Waals surface area (Å²) in [5.41, 5.74) is 0.361. The zero-order valence-electron chi connectivity index (χ0n) is 15.1. The number of carbonyl (C=O) groups excluding carboxylic acids is 1. The number of ether oxygens (including phenoxy) is 1. The topological polar surface area (TPSA) is 115 Å². The van der Waals surface area contributed by atoms with Crippen molar-refractivity contribution in [2.45, 2.75) is 46.3 Å². The van der Waals surface area contributed by atoms with Gasteiger partial charge in [0.2, 0.25) is 11.7 Å². The van der Waals surface area contributed by atoms with Crippen molar-refractivity contribution in [3.8, 4) is 5.75 Å². The highest BCUT2D eigenvalue weighted by molar-refractivity contribution is 5.96. The summed E-state index contributed by atoms with van der Waals surface area (Å²) >= 11 is 0. The third-order valence-corrected chi connectivity index (χ3v) is 3.61. The summed E-state index contributed by atoms with van der Waals surface area (Å²) < 4.78 is 10.5. The highest BCUT2D eigenvalue weighted by Crippen LogP contribution is 2.14. The van der Waals surface area contributed by atoms with Gasteiger partial charge in [0.15, 0.2) is 6.61 Å². The summed E-state index contributed by atoms with van der Waals surface area (Å²) in [6, 6.07) is 5.51. The molecule has 2 N–H and O–H groups in total. The van der Waals surface area contributed by atoms with Gasteiger partial charge in [0.05, 0.1) is 0 Å². The van der Waals surface area contributed by atoms with Crippen molar-refractivity contribution in [1.29, 1.82) is 0 Å². The van der Waals surface area contributed by atoms with Gasteiger partial charge in [0, 0.05) is 12.0 Å². The van der Waals surface area contributed by atoms with Crippen LogP contribution in [0.2, 0.25) is 0 Å². The summed E-state index contributed by atoms with van der Waals surface area (Å²) in [5, 5.41) is 15.5. The van der Waals surface area contributed by atoms with Crippen molar-refractivity contribution in [2.75, 3.05) is 0 Å². The Hall–Kier alpha value is -2.90. The number of aryl methyl sites for hydroxylation is 1. The fourth-order valence-corrected chi connectivity index (χ4v) is 2.28. The molecule has 1 heterocycles. The molecule has 8 heteroatoms. The first-order valence-electron chi connectivity index (χ1n) is 8.47. The molecule has 1 unspecified atom stereocenters. The number of amides is 1. The van der Waals surface area contributed by atoms with E-state index in [0.29, 0.717) is 35.9 Å². The minimum absolute atomic E-state index is 0.157. The van der Waals surface area contributed by atoms with E-state index in [0.717, 1.165) is 0 Å². The highest BCUT2D eigenvalue weighted by atomic mass is 16.5. The Morgan fingerprint density at radius 2 is 1.96 bits per heavy atom. The minimum atomic E-state index is -1.04. The number of hydrogen-bond donors (Lipinski definition) is 2. The molecule has 2 rings (SSSR count). The van der Waals surface area contributed by atoms with E-state index < -0.39 is 17.9 Å². The maximum absolute atomic E-state index is 12.2. The molecular weight excluding hydrogens is 338 g/mol. The lowest BCUT2D eigenvalue weighted by atomic mass is 10.0. The lowest BCUT2D eigenvalue weighted by Crippen LogP contribution is -2.41. The number of aromatic nitrogens is 2. The number of rotatable bonds is 9. The average molecular weight is 361 g/mol. The number of hydrogen-bond acceptors (Lipinski definition) is 6. The number of nitrogens with zero attached hydrogens (tertiary/aromatic N) is 2. The molecule has 1 aromatic heterocycles. The Balaban J connectivity index is 1.92. The number of nitrogens with one attached hydrogen (secondary N) is 1. The molecule has 0 aliphatic rings. The van der Waals surface area contributed by atoms with Gasteiger partial charge < -0.3 is 19.7 Å². The van der Waals surface area contributed by atoms with Crippen molar-refractivity contribution in [3.05, 3.63) is 41.5 Å². The number of aliphatic carboxylic acids is 1. The molecule has 8 nitrogen and oxygen atoms in total. The molecule has 140 valence electrons.